The van der Waals surface area contributed by atoms with E-state index in [0.29, 0.717) is 0 Å². The molecule has 3 heteroatoms. The van der Waals surface area contributed by atoms with E-state index in [1.165, 1.54) is 5.56 Å². The van der Waals surface area contributed by atoms with Gasteiger partial charge in [0, 0.05) is 14.6 Å². The molecule has 0 atom stereocenters. The van der Waals surface area contributed by atoms with Gasteiger partial charge in [0.15, 0.2) is 0 Å². The van der Waals surface area contributed by atoms with Crippen molar-refractivity contribution in [2.24, 2.45) is 0 Å². The number of anilines is 1. The van der Waals surface area contributed by atoms with Gasteiger partial charge in [-0.3, -0.25) is 0 Å². The second kappa shape index (κ2) is 3.62. The Morgan fingerprint density at radius 3 is 2.08 bits per heavy atom. The monoisotopic (exact) mass is 305 g/mol. The molecule has 0 aliphatic carbocycles. The first-order chi connectivity index (χ1) is 5.84. The maximum absolute atomic E-state index is 5.82. The summed E-state index contributed by atoms with van der Waals surface area (Å²) in [5, 5.41) is 0. The maximum atomic E-state index is 5.82. The second-order valence-corrected chi connectivity index (χ2v) is 5.72. The van der Waals surface area contributed by atoms with E-state index >= 15 is 0 Å². The molecule has 1 nitrogen and oxygen atoms in total. The Bertz CT molecular complexity index is 326. The van der Waals surface area contributed by atoms with Gasteiger partial charge in [-0.05, 0) is 39.0 Å². The van der Waals surface area contributed by atoms with Gasteiger partial charge < -0.3 is 5.73 Å². The van der Waals surface area contributed by atoms with E-state index in [0.717, 1.165) is 14.6 Å². The van der Waals surface area contributed by atoms with E-state index in [2.05, 4.69) is 52.6 Å². The molecule has 0 aliphatic rings. The lowest BCUT2D eigenvalue weighted by molar-refractivity contribution is 0.584. The summed E-state index contributed by atoms with van der Waals surface area (Å²) >= 11 is 7.04. The highest BCUT2D eigenvalue weighted by Crippen LogP contribution is 2.38. The summed E-state index contributed by atoms with van der Waals surface area (Å²) in [7, 11) is 0. The summed E-state index contributed by atoms with van der Waals surface area (Å²) in [4.78, 5) is 0. The second-order valence-electron chi connectivity index (χ2n) is 4.08. The summed E-state index contributed by atoms with van der Waals surface area (Å²) in [6, 6.07) is 3.88. The Balaban J connectivity index is 3.43. The molecule has 1 rings (SSSR count). The van der Waals surface area contributed by atoms with Crippen LogP contribution >= 0.6 is 31.9 Å². The zero-order valence-corrected chi connectivity index (χ0v) is 11.2. The quantitative estimate of drug-likeness (QED) is 0.718. The van der Waals surface area contributed by atoms with Crippen LogP contribution in [0.5, 0.6) is 0 Å². The maximum Gasteiger partial charge on any atom is 0.0462 e. The lowest BCUT2D eigenvalue weighted by Crippen LogP contribution is -2.13. The topological polar surface area (TPSA) is 26.0 Å². The Hall–Kier alpha value is -0.0200. The smallest absolute Gasteiger partial charge is 0.0462 e. The number of nitrogen functional groups attached to an aromatic ring is 1. The zero-order valence-electron chi connectivity index (χ0n) is 7.99. The first kappa shape index (κ1) is 11.1. The molecule has 13 heavy (non-hydrogen) atoms. The van der Waals surface area contributed by atoms with Gasteiger partial charge in [0.1, 0.15) is 0 Å². The van der Waals surface area contributed by atoms with E-state index < -0.39 is 0 Å². The van der Waals surface area contributed by atoms with Crippen molar-refractivity contribution in [1.29, 1.82) is 0 Å². The molecule has 0 spiro atoms. The Labute approximate surface area is 96.0 Å². The molecule has 0 unspecified atom stereocenters. The van der Waals surface area contributed by atoms with Crippen LogP contribution in [0.15, 0.2) is 21.1 Å². The van der Waals surface area contributed by atoms with Crippen LogP contribution in [0.25, 0.3) is 0 Å². The van der Waals surface area contributed by atoms with Crippen molar-refractivity contribution in [3.05, 3.63) is 26.6 Å². The van der Waals surface area contributed by atoms with Gasteiger partial charge in [-0.1, -0.05) is 36.7 Å². The summed E-state index contributed by atoms with van der Waals surface area (Å²) in [5.41, 5.74) is 7.91. The van der Waals surface area contributed by atoms with E-state index in [-0.39, 0.29) is 5.41 Å². The van der Waals surface area contributed by atoms with Crippen LogP contribution in [0.2, 0.25) is 0 Å². The van der Waals surface area contributed by atoms with Crippen molar-refractivity contribution in [2.75, 3.05) is 5.73 Å². The summed E-state index contributed by atoms with van der Waals surface area (Å²) < 4.78 is 2.09. The normalized spacial score (nSPS) is 11.8. The fraction of sp³-hybridized carbons (Fsp3) is 0.400. The van der Waals surface area contributed by atoms with E-state index in [9.17, 15) is 0 Å². The first-order valence-corrected chi connectivity index (χ1v) is 5.66. The van der Waals surface area contributed by atoms with E-state index in [1.807, 2.05) is 12.1 Å². The summed E-state index contributed by atoms with van der Waals surface area (Å²) in [6.45, 7) is 6.49. The SMILES string of the molecule is CC(C)(C)c1c(Br)ccc(N)c1Br. The van der Waals surface area contributed by atoms with Crippen molar-refractivity contribution in [1.82, 2.24) is 0 Å². The fourth-order valence-electron chi connectivity index (χ4n) is 1.26. The average molecular weight is 307 g/mol. The Morgan fingerprint density at radius 2 is 1.69 bits per heavy atom. The molecule has 0 saturated carbocycles. The molecular formula is C10H13Br2N. The minimum absolute atomic E-state index is 0.0903. The molecule has 0 heterocycles. The minimum Gasteiger partial charge on any atom is -0.398 e. The van der Waals surface area contributed by atoms with Crippen LogP contribution in [0.3, 0.4) is 0 Å². The highest BCUT2D eigenvalue weighted by Gasteiger charge is 2.21. The highest BCUT2D eigenvalue weighted by molar-refractivity contribution is 9.11. The van der Waals surface area contributed by atoms with Crippen molar-refractivity contribution in [3.63, 3.8) is 0 Å². The average Bonchev–Trinajstić information content (AvgIpc) is 1.95. The predicted molar refractivity (Wildman–Crippen MR) is 65.0 cm³/mol. The molecule has 72 valence electrons. The third-order valence-electron chi connectivity index (χ3n) is 1.87. The standard InChI is InChI=1S/C10H13Br2N/c1-10(2,3)8-6(11)4-5-7(13)9(8)12/h4-5H,13H2,1-3H3. The van der Waals surface area contributed by atoms with Crippen molar-refractivity contribution in [2.45, 2.75) is 26.2 Å². The van der Waals surface area contributed by atoms with Gasteiger partial charge in [0.2, 0.25) is 0 Å². The van der Waals surface area contributed by atoms with Crippen LogP contribution < -0.4 is 5.73 Å². The lowest BCUT2D eigenvalue weighted by Gasteiger charge is -2.23. The van der Waals surface area contributed by atoms with Crippen LogP contribution in [0.4, 0.5) is 5.69 Å². The van der Waals surface area contributed by atoms with Crippen LogP contribution in [0, 0.1) is 0 Å². The molecule has 0 radical (unpaired) electrons. The van der Waals surface area contributed by atoms with Crippen molar-refractivity contribution in [3.8, 4) is 0 Å². The van der Waals surface area contributed by atoms with Gasteiger partial charge in [-0.2, -0.15) is 0 Å². The van der Waals surface area contributed by atoms with E-state index in [4.69, 9.17) is 5.73 Å². The molecule has 1 aromatic carbocycles. The van der Waals surface area contributed by atoms with Crippen LogP contribution in [0.1, 0.15) is 26.3 Å². The molecule has 0 saturated heterocycles. The Kier molecular flexibility index (Phi) is 3.08. The van der Waals surface area contributed by atoms with Crippen LogP contribution in [-0.4, -0.2) is 0 Å². The Morgan fingerprint density at radius 1 is 1.15 bits per heavy atom. The van der Waals surface area contributed by atoms with E-state index in [1.54, 1.807) is 0 Å². The largest absolute Gasteiger partial charge is 0.398 e. The van der Waals surface area contributed by atoms with Gasteiger partial charge in [-0.15, -0.1) is 0 Å². The predicted octanol–water partition coefficient (Wildman–Crippen LogP) is 4.09. The highest BCUT2D eigenvalue weighted by atomic mass is 79.9. The molecule has 1 aromatic rings. The van der Waals surface area contributed by atoms with Gasteiger partial charge >= 0.3 is 0 Å². The molecule has 0 aliphatic heterocycles. The molecule has 0 amide bonds. The number of halogens is 2. The fourth-order valence-corrected chi connectivity index (χ4v) is 3.39. The number of rotatable bonds is 0. The minimum atomic E-state index is 0.0903. The van der Waals surface area contributed by atoms with Crippen molar-refractivity contribution >= 4 is 37.5 Å². The molecule has 0 bridgehead atoms. The number of hydrogen-bond acceptors (Lipinski definition) is 1. The van der Waals surface area contributed by atoms with Gasteiger partial charge in [-0.25, -0.2) is 0 Å². The van der Waals surface area contributed by atoms with Crippen LogP contribution in [-0.2, 0) is 5.41 Å². The number of hydrogen-bond donors (Lipinski definition) is 1. The summed E-state index contributed by atoms with van der Waals surface area (Å²) in [5.74, 6) is 0. The molecule has 0 aromatic heterocycles. The first-order valence-electron chi connectivity index (χ1n) is 4.08. The van der Waals surface area contributed by atoms with Crippen molar-refractivity contribution < 1.29 is 0 Å². The third-order valence-corrected chi connectivity index (χ3v) is 3.39. The lowest BCUT2D eigenvalue weighted by atomic mass is 9.87. The molecule has 0 fully saturated rings. The summed E-state index contributed by atoms with van der Waals surface area (Å²) in [6.07, 6.45) is 0. The molecular weight excluding hydrogens is 294 g/mol. The number of benzene rings is 1. The number of nitrogens with two attached hydrogens (primary N) is 1. The zero-order chi connectivity index (χ0) is 10.2. The third kappa shape index (κ3) is 2.26. The molecule has 2 N–H and O–H groups in total. The van der Waals surface area contributed by atoms with Gasteiger partial charge in [0.25, 0.3) is 0 Å². The van der Waals surface area contributed by atoms with Gasteiger partial charge in [0.05, 0.1) is 0 Å².